The summed E-state index contributed by atoms with van der Waals surface area (Å²) in [4.78, 5) is 30.1. The Morgan fingerprint density at radius 1 is 0.919 bits per heavy atom. The van der Waals surface area contributed by atoms with Crippen LogP contribution in [0, 0.1) is 0 Å². The third-order valence-electron chi connectivity index (χ3n) is 6.12. The van der Waals surface area contributed by atoms with Crippen molar-refractivity contribution < 1.29 is 23.5 Å². The van der Waals surface area contributed by atoms with Crippen molar-refractivity contribution in [3.05, 3.63) is 82.2 Å². The highest BCUT2D eigenvalue weighted by molar-refractivity contribution is 5.85. The number of aromatic hydroxyl groups is 1. The van der Waals surface area contributed by atoms with E-state index in [0.29, 0.717) is 16.7 Å². The summed E-state index contributed by atoms with van der Waals surface area (Å²) in [6.45, 7) is 6.13. The van der Waals surface area contributed by atoms with Crippen LogP contribution in [0.3, 0.4) is 0 Å². The molecular weight excluding hydrogens is 472 g/mol. The highest BCUT2D eigenvalue weighted by atomic mass is 16.5. The molecule has 8 heteroatoms. The van der Waals surface area contributed by atoms with Gasteiger partial charge in [0.1, 0.15) is 16.7 Å². The summed E-state index contributed by atoms with van der Waals surface area (Å²) in [5.41, 5.74) is 3.92. The smallest absolute Gasteiger partial charge is 0.349 e. The van der Waals surface area contributed by atoms with Crippen LogP contribution in [0.2, 0.25) is 0 Å². The second kappa shape index (κ2) is 10.0. The molecular formula is C29H24N2O6. The first kappa shape index (κ1) is 23.9. The highest BCUT2D eigenvalue weighted by Gasteiger charge is 2.15. The predicted molar refractivity (Wildman–Crippen MR) is 143 cm³/mol. The zero-order chi connectivity index (χ0) is 25.9. The molecule has 0 aliphatic heterocycles. The fourth-order valence-corrected chi connectivity index (χ4v) is 4.17. The van der Waals surface area contributed by atoms with Gasteiger partial charge < -0.3 is 23.6 Å². The first-order valence-electron chi connectivity index (χ1n) is 11.8. The number of hydrogen-bond acceptors (Lipinski definition) is 8. The van der Waals surface area contributed by atoms with Gasteiger partial charge in [0.05, 0.1) is 0 Å². The topological polar surface area (TPSA) is 106 Å². The summed E-state index contributed by atoms with van der Waals surface area (Å²) in [6.07, 6.45) is 3.65. The lowest BCUT2D eigenvalue weighted by Gasteiger charge is -2.20. The maximum atomic E-state index is 12.8. The number of nitrogens with zero attached hydrogens (tertiary/aromatic N) is 2. The Morgan fingerprint density at radius 3 is 2.43 bits per heavy atom. The molecule has 186 valence electrons. The Morgan fingerprint density at radius 2 is 1.68 bits per heavy atom. The van der Waals surface area contributed by atoms with Crippen molar-refractivity contribution in [1.29, 1.82) is 0 Å². The molecule has 0 saturated heterocycles. The molecule has 0 radical (unpaired) electrons. The molecule has 3 aromatic carbocycles. The van der Waals surface area contributed by atoms with E-state index in [1.165, 1.54) is 6.07 Å². The summed E-state index contributed by atoms with van der Waals surface area (Å²) in [5.74, 6) is 0.141. The number of anilines is 1. The van der Waals surface area contributed by atoms with E-state index in [1.54, 1.807) is 30.3 Å². The van der Waals surface area contributed by atoms with Crippen molar-refractivity contribution >= 4 is 46.4 Å². The van der Waals surface area contributed by atoms with Gasteiger partial charge in [0, 0.05) is 30.2 Å². The summed E-state index contributed by atoms with van der Waals surface area (Å²) in [5, 5.41) is 10.5. The molecule has 0 unspecified atom stereocenters. The third-order valence-corrected chi connectivity index (χ3v) is 6.12. The molecule has 5 aromatic rings. The number of phenols is 1. The van der Waals surface area contributed by atoms with Crippen LogP contribution in [0.1, 0.15) is 25.0 Å². The van der Waals surface area contributed by atoms with Gasteiger partial charge in [-0.1, -0.05) is 24.3 Å². The minimum atomic E-state index is -0.517. The van der Waals surface area contributed by atoms with Crippen LogP contribution < -0.4 is 15.3 Å². The second-order valence-electron chi connectivity index (χ2n) is 8.36. The monoisotopic (exact) mass is 496 g/mol. The molecule has 1 N–H and O–H groups in total. The van der Waals surface area contributed by atoms with Crippen molar-refractivity contribution in [3.8, 4) is 23.0 Å². The van der Waals surface area contributed by atoms with Crippen molar-refractivity contribution in [2.24, 2.45) is 0 Å². The molecule has 0 spiro atoms. The Bertz CT molecular complexity index is 1690. The van der Waals surface area contributed by atoms with Crippen molar-refractivity contribution in [2.75, 3.05) is 18.0 Å². The standard InChI is InChI=1S/C29H24N2O6/c1-3-31(4-2)21-10-9-20-15-22(29(34)37-25(20)16-21)28-30-23-11-7-18(13-26(23)36-28)5-6-19-8-12-24(33)27(14-19)35-17-32/h5-17,33H,3-4H2,1-2H3/b6-5+. The number of carbonyl (C=O) groups is 1. The summed E-state index contributed by atoms with van der Waals surface area (Å²) in [6, 6.07) is 17.7. The van der Waals surface area contributed by atoms with Gasteiger partial charge in [-0.05, 0) is 67.4 Å². The Kier molecular flexibility index (Phi) is 6.47. The quantitative estimate of drug-likeness (QED) is 0.162. The van der Waals surface area contributed by atoms with Crippen LogP contribution in [-0.2, 0) is 4.79 Å². The minimum Gasteiger partial charge on any atom is -0.504 e. The van der Waals surface area contributed by atoms with Crippen LogP contribution in [0.4, 0.5) is 5.69 Å². The largest absolute Gasteiger partial charge is 0.504 e. The van der Waals surface area contributed by atoms with Gasteiger partial charge in [-0.2, -0.15) is 0 Å². The summed E-state index contributed by atoms with van der Waals surface area (Å²) in [7, 11) is 0. The number of aromatic nitrogens is 1. The molecule has 0 fully saturated rings. The van der Waals surface area contributed by atoms with Gasteiger partial charge in [0.25, 0.3) is 6.47 Å². The van der Waals surface area contributed by atoms with Gasteiger partial charge >= 0.3 is 5.63 Å². The molecule has 5 rings (SSSR count). The van der Waals surface area contributed by atoms with E-state index >= 15 is 0 Å². The number of rotatable bonds is 8. The first-order valence-corrected chi connectivity index (χ1v) is 11.8. The Balaban J connectivity index is 1.45. The van der Waals surface area contributed by atoms with E-state index in [0.717, 1.165) is 35.3 Å². The Labute approximate surface area is 212 Å². The zero-order valence-electron chi connectivity index (χ0n) is 20.3. The zero-order valence-corrected chi connectivity index (χ0v) is 20.3. The van der Waals surface area contributed by atoms with Crippen LogP contribution in [0.25, 0.3) is 45.7 Å². The number of benzene rings is 3. The lowest BCUT2D eigenvalue weighted by Crippen LogP contribution is -2.21. The molecule has 0 amide bonds. The average Bonchev–Trinajstić information content (AvgIpc) is 3.32. The molecule has 0 aliphatic carbocycles. The van der Waals surface area contributed by atoms with Gasteiger partial charge in [-0.25, -0.2) is 9.78 Å². The van der Waals surface area contributed by atoms with Crippen LogP contribution >= 0.6 is 0 Å². The fraction of sp³-hybridized carbons (Fsp3) is 0.138. The molecule has 37 heavy (non-hydrogen) atoms. The maximum Gasteiger partial charge on any atom is 0.349 e. The van der Waals surface area contributed by atoms with Gasteiger partial charge in [0.2, 0.25) is 5.89 Å². The van der Waals surface area contributed by atoms with Crippen LogP contribution in [0.15, 0.2) is 74.3 Å². The predicted octanol–water partition coefficient (Wildman–Crippen LogP) is 5.86. The summed E-state index contributed by atoms with van der Waals surface area (Å²) >= 11 is 0. The summed E-state index contributed by atoms with van der Waals surface area (Å²) < 4.78 is 16.3. The van der Waals surface area contributed by atoms with Crippen LogP contribution in [-0.4, -0.2) is 29.7 Å². The molecule has 8 nitrogen and oxygen atoms in total. The number of fused-ring (bicyclic) bond motifs is 2. The number of ether oxygens (including phenoxy) is 1. The van der Waals surface area contributed by atoms with E-state index in [1.807, 2.05) is 36.4 Å². The number of oxazole rings is 1. The van der Waals surface area contributed by atoms with E-state index in [2.05, 4.69) is 23.7 Å². The minimum absolute atomic E-state index is 0.0750. The van der Waals surface area contributed by atoms with Crippen molar-refractivity contribution in [3.63, 3.8) is 0 Å². The van der Waals surface area contributed by atoms with Crippen molar-refractivity contribution in [1.82, 2.24) is 4.98 Å². The SMILES string of the molecule is CCN(CC)c1ccc2cc(-c3nc4ccc(/C=C/c5ccc(O)c(OC=O)c5)cc4o3)c(=O)oc2c1. The normalized spacial score (nSPS) is 11.4. The average molecular weight is 497 g/mol. The number of carbonyl (C=O) groups excluding carboxylic acids is 1. The highest BCUT2D eigenvalue weighted by Crippen LogP contribution is 2.29. The lowest BCUT2D eigenvalue weighted by atomic mass is 10.1. The number of phenolic OH excluding ortho intramolecular Hbond substituents is 1. The molecule has 2 aromatic heterocycles. The maximum absolute atomic E-state index is 12.8. The molecule has 0 atom stereocenters. The lowest BCUT2D eigenvalue weighted by molar-refractivity contribution is -0.120. The van der Waals surface area contributed by atoms with E-state index in [-0.39, 0.29) is 29.4 Å². The van der Waals surface area contributed by atoms with E-state index in [9.17, 15) is 14.7 Å². The first-order chi connectivity index (χ1) is 18.0. The fourth-order valence-electron chi connectivity index (χ4n) is 4.17. The number of hydrogen-bond donors (Lipinski definition) is 1. The van der Waals surface area contributed by atoms with Crippen molar-refractivity contribution in [2.45, 2.75) is 13.8 Å². The van der Waals surface area contributed by atoms with Crippen LogP contribution in [0.5, 0.6) is 11.5 Å². The van der Waals surface area contributed by atoms with Gasteiger partial charge in [-0.15, -0.1) is 0 Å². The molecule has 0 aliphatic rings. The molecule has 2 heterocycles. The second-order valence-corrected chi connectivity index (χ2v) is 8.36. The molecule has 0 bridgehead atoms. The van der Waals surface area contributed by atoms with Gasteiger partial charge in [-0.3, -0.25) is 4.79 Å². The molecule has 0 saturated carbocycles. The van der Waals surface area contributed by atoms with E-state index < -0.39 is 5.63 Å². The van der Waals surface area contributed by atoms with Gasteiger partial charge in [0.15, 0.2) is 17.1 Å². The van der Waals surface area contributed by atoms with E-state index in [4.69, 9.17) is 13.6 Å². The Hall–Kier alpha value is -4.85. The third kappa shape index (κ3) is 4.81.